The molecule has 0 saturated carbocycles. The maximum atomic E-state index is 5.78. The molecule has 3 aromatic heterocycles. The van der Waals surface area contributed by atoms with E-state index in [1.54, 1.807) is 34.0 Å². The highest BCUT2D eigenvalue weighted by molar-refractivity contribution is 7.26. The second-order valence-electron chi connectivity index (χ2n) is 6.78. The largest absolute Gasteiger partial charge is 0.343 e. The first-order valence-electron chi connectivity index (χ1n) is 8.93. The minimum atomic E-state index is -0.595. The molecule has 27 heavy (non-hydrogen) atoms. The van der Waals surface area contributed by atoms with E-state index in [1.165, 1.54) is 19.5 Å². The van der Waals surface area contributed by atoms with Crippen molar-refractivity contribution in [3.63, 3.8) is 0 Å². The van der Waals surface area contributed by atoms with Crippen molar-refractivity contribution in [2.24, 2.45) is 0 Å². The Hall–Kier alpha value is -1.06. The molecule has 2 saturated heterocycles. The topological polar surface area (TPSA) is 36.9 Å². The lowest BCUT2D eigenvalue weighted by Crippen LogP contribution is -2.20. The Kier molecular flexibility index (Phi) is 4.52. The van der Waals surface area contributed by atoms with Gasteiger partial charge in [0.1, 0.15) is 0 Å². The van der Waals surface area contributed by atoms with E-state index >= 15 is 0 Å². The highest BCUT2D eigenvalue weighted by atomic mass is 32.1. The molecule has 2 fully saturated rings. The number of thiophene rings is 3. The zero-order valence-electron chi connectivity index (χ0n) is 15.2. The average Bonchev–Trinajstić information content (AvgIpc) is 3.43. The second-order valence-corrected chi connectivity index (χ2v) is 10.0. The first-order valence-corrected chi connectivity index (χ1v) is 11.4. The van der Waals surface area contributed by atoms with Crippen LogP contribution in [0.25, 0.3) is 19.5 Å². The van der Waals surface area contributed by atoms with E-state index in [-0.39, 0.29) is 0 Å². The van der Waals surface area contributed by atoms with E-state index in [9.17, 15) is 0 Å². The maximum absolute atomic E-state index is 5.78. The fraction of sp³-hybridized carbons (Fsp3) is 0.400. The van der Waals surface area contributed by atoms with Crippen LogP contribution in [0.5, 0.6) is 0 Å². The number of ether oxygens (including phenoxy) is 4. The van der Waals surface area contributed by atoms with Crippen molar-refractivity contribution in [3.05, 3.63) is 46.2 Å². The van der Waals surface area contributed by atoms with Crippen LogP contribution in [0.1, 0.15) is 23.6 Å². The van der Waals surface area contributed by atoms with E-state index in [0.717, 1.165) is 9.75 Å². The van der Waals surface area contributed by atoms with Crippen molar-refractivity contribution >= 4 is 34.0 Å². The Morgan fingerprint density at radius 3 is 1.30 bits per heavy atom. The molecule has 2 aliphatic heterocycles. The molecule has 2 aliphatic rings. The monoisotopic (exact) mass is 420 g/mol. The van der Waals surface area contributed by atoms with Gasteiger partial charge in [-0.1, -0.05) is 0 Å². The molecule has 0 atom stereocenters. The van der Waals surface area contributed by atoms with E-state index < -0.39 is 11.6 Å². The van der Waals surface area contributed by atoms with Crippen LogP contribution in [0.3, 0.4) is 0 Å². The van der Waals surface area contributed by atoms with Gasteiger partial charge in [-0.05, 0) is 50.2 Å². The molecule has 5 rings (SSSR count). The minimum absolute atomic E-state index is 0.595. The predicted molar refractivity (Wildman–Crippen MR) is 109 cm³/mol. The second kappa shape index (κ2) is 6.77. The van der Waals surface area contributed by atoms with Crippen molar-refractivity contribution < 1.29 is 18.9 Å². The Morgan fingerprint density at radius 2 is 0.889 bits per heavy atom. The van der Waals surface area contributed by atoms with Crippen molar-refractivity contribution in [3.8, 4) is 19.5 Å². The first-order chi connectivity index (χ1) is 13.1. The fourth-order valence-corrected chi connectivity index (χ4v) is 6.65. The van der Waals surface area contributed by atoms with Crippen LogP contribution in [0.4, 0.5) is 0 Å². The average molecular weight is 421 g/mol. The lowest BCUT2D eigenvalue weighted by molar-refractivity contribution is -0.147. The predicted octanol–water partition coefficient (Wildman–Crippen LogP) is 5.64. The van der Waals surface area contributed by atoms with E-state index in [1.807, 2.05) is 13.8 Å². The van der Waals surface area contributed by atoms with Gasteiger partial charge in [0.25, 0.3) is 0 Å². The van der Waals surface area contributed by atoms with Gasteiger partial charge in [-0.2, -0.15) is 0 Å². The van der Waals surface area contributed by atoms with E-state index in [4.69, 9.17) is 18.9 Å². The molecule has 0 aromatic carbocycles. The first kappa shape index (κ1) is 18.0. The molecule has 0 unspecified atom stereocenters. The number of hydrogen-bond acceptors (Lipinski definition) is 7. The molecule has 0 amide bonds. The van der Waals surface area contributed by atoms with Crippen LogP contribution < -0.4 is 0 Å². The lowest BCUT2D eigenvalue weighted by atomic mass is 10.2. The summed E-state index contributed by atoms with van der Waals surface area (Å²) >= 11 is 5.29. The van der Waals surface area contributed by atoms with Gasteiger partial charge in [-0.3, -0.25) is 0 Å². The third kappa shape index (κ3) is 3.21. The molecule has 4 nitrogen and oxygen atoms in total. The smallest absolute Gasteiger partial charge is 0.201 e. The highest BCUT2D eigenvalue weighted by Crippen LogP contribution is 2.45. The van der Waals surface area contributed by atoms with Crippen LogP contribution in [-0.2, 0) is 30.5 Å². The Morgan fingerprint density at radius 1 is 0.556 bits per heavy atom. The summed E-state index contributed by atoms with van der Waals surface area (Å²) in [7, 11) is 0. The Bertz CT molecular complexity index is 867. The van der Waals surface area contributed by atoms with E-state index in [2.05, 4.69) is 36.4 Å². The Labute approximate surface area is 170 Å². The van der Waals surface area contributed by atoms with Crippen LogP contribution >= 0.6 is 34.0 Å². The minimum Gasteiger partial charge on any atom is -0.343 e. The standard InChI is InChI=1S/C20H20O4S3/c1-19(21-9-10-22-19)17-7-5-15(26-17)13-3-4-14(25-13)16-6-8-18(27-16)20(2)23-11-12-24-20/h3-8H,9-12H2,1-2H3. The molecule has 0 aliphatic carbocycles. The zero-order chi connectivity index (χ0) is 18.5. The van der Waals surface area contributed by atoms with Gasteiger partial charge in [0.2, 0.25) is 11.6 Å². The quantitative estimate of drug-likeness (QED) is 0.547. The number of hydrogen-bond donors (Lipinski definition) is 0. The molecular weight excluding hydrogens is 400 g/mol. The van der Waals surface area contributed by atoms with Crippen molar-refractivity contribution in [1.29, 1.82) is 0 Å². The molecule has 3 aromatic rings. The van der Waals surface area contributed by atoms with Crippen LogP contribution in [-0.4, -0.2) is 26.4 Å². The van der Waals surface area contributed by atoms with Crippen molar-refractivity contribution in [1.82, 2.24) is 0 Å². The van der Waals surface area contributed by atoms with Gasteiger partial charge < -0.3 is 18.9 Å². The summed E-state index contributed by atoms with van der Waals surface area (Å²) in [4.78, 5) is 7.24. The summed E-state index contributed by atoms with van der Waals surface area (Å²) in [6, 6.07) is 12.9. The zero-order valence-corrected chi connectivity index (χ0v) is 17.6. The summed E-state index contributed by atoms with van der Waals surface area (Å²) in [5, 5.41) is 0. The summed E-state index contributed by atoms with van der Waals surface area (Å²) in [5.41, 5.74) is 0. The lowest BCUT2D eigenvalue weighted by Gasteiger charge is -2.20. The van der Waals surface area contributed by atoms with Crippen molar-refractivity contribution in [2.75, 3.05) is 26.4 Å². The molecule has 0 spiro atoms. The molecule has 7 heteroatoms. The summed E-state index contributed by atoms with van der Waals surface area (Å²) in [5.74, 6) is -1.19. The number of rotatable bonds is 4. The third-order valence-electron chi connectivity index (χ3n) is 4.88. The molecule has 0 bridgehead atoms. The van der Waals surface area contributed by atoms with Gasteiger partial charge >= 0.3 is 0 Å². The van der Waals surface area contributed by atoms with Crippen LogP contribution in [0.15, 0.2) is 36.4 Å². The third-order valence-corrected chi connectivity index (χ3v) is 8.89. The van der Waals surface area contributed by atoms with Gasteiger partial charge in [-0.25, -0.2) is 0 Å². The highest BCUT2D eigenvalue weighted by Gasteiger charge is 2.35. The fourth-order valence-electron chi connectivity index (χ4n) is 3.35. The molecule has 5 heterocycles. The van der Waals surface area contributed by atoms with Crippen LogP contribution in [0.2, 0.25) is 0 Å². The summed E-state index contributed by atoms with van der Waals surface area (Å²) in [6.07, 6.45) is 0. The van der Waals surface area contributed by atoms with Gasteiger partial charge in [0, 0.05) is 19.5 Å². The van der Waals surface area contributed by atoms with E-state index in [0.29, 0.717) is 26.4 Å². The molecule has 142 valence electrons. The normalized spacial score (nSPS) is 21.1. The van der Waals surface area contributed by atoms with Crippen LogP contribution in [0, 0.1) is 0 Å². The van der Waals surface area contributed by atoms with Gasteiger partial charge in [0.05, 0.1) is 36.2 Å². The maximum Gasteiger partial charge on any atom is 0.201 e. The summed E-state index contributed by atoms with van der Waals surface area (Å²) < 4.78 is 23.1. The SMILES string of the molecule is CC1(c2ccc(-c3ccc(-c4ccc(C5(C)OCCO5)s4)s3)s2)OCCO1. The molecular formula is C20H20O4S3. The van der Waals surface area contributed by atoms with Gasteiger partial charge in [0.15, 0.2) is 0 Å². The van der Waals surface area contributed by atoms with Crippen molar-refractivity contribution in [2.45, 2.75) is 25.4 Å². The molecule has 0 radical (unpaired) electrons. The van der Waals surface area contributed by atoms with Gasteiger partial charge in [-0.15, -0.1) is 34.0 Å². The molecule has 0 N–H and O–H groups in total. The summed E-state index contributed by atoms with van der Waals surface area (Å²) in [6.45, 7) is 6.60. The Balaban J connectivity index is 1.39.